The fraction of sp³-hybridized carbons (Fsp3) is 0.440. The van der Waals surface area contributed by atoms with Gasteiger partial charge in [-0.2, -0.15) is 0 Å². The van der Waals surface area contributed by atoms with Crippen LogP contribution < -0.4 is 5.32 Å². The minimum Gasteiger partial charge on any atom is -0.481 e. The van der Waals surface area contributed by atoms with E-state index in [9.17, 15) is 9.90 Å². The maximum Gasteiger partial charge on any atom is 0.306 e. The normalized spacial score (nSPS) is 23.7. The molecule has 1 fully saturated rings. The van der Waals surface area contributed by atoms with Crippen LogP contribution in [0, 0.1) is 5.92 Å². The number of carboxylic acid groups (broad SMARTS) is 1. The molecule has 0 amide bonds. The number of nitrogens with zero attached hydrogens (tertiary/aromatic N) is 2. The summed E-state index contributed by atoms with van der Waals surface area (Å²) in [6.45, 7) is 2.22. The number of rotatable bonds is 4. The minimum absolute atomic E-state index is 0.192. The second-order valence-electron chi connectivity index (χ2n) is 8.96. The lowest BCUT2D eigenvalue weighted by Crippen LogP contribution is -2.25. The second-order valence-corrected chi connectivity index (χ2v) is 8.96. The maximum atomic E-state index is 11.7. The van der Waals surface area contributed by atoms with Gasteiger partial charge in [-0.05, 0) is 56.7 Å². The molecule has 2 N–H and O–H groups in total. The van der Waals surface area contributed by atoms with E-state index in [1.807, 2.05) is 6.07 Å². The van der Waals surface area contributed by atoms with E-state index in [4.69, 9.17) is 4.98 Å². The Morgan fingerprint density at radius 3 is 2.80 bits per heavy atom. The molecule has 2 aromatic carbocycles. The molecule has 156 valence electrons. The van der Waals surface area contributed by atoms with E-state index in [1.54, 1.807) is 0 Å². The summed E-state index contributed by atoms with van der Waals surface area (Å²) in [5, 5.41) is 13.2. The number of aryl methyl sites for hydroxylation is 1. The van der Waals surface area contributed by atoms with Gasteiger partial charge in [0.15, 0.2) is 0 Å². The van der Waals surface area contributed by atoms with E-state index >= 15 is 0 Å². The fourth-order valence-electron chi connectivity index (χ4n) is 5.29. The molecule has 1 aliphatic heterocycles. The van der Waals surface area contributed by atoms with Crippen LogP contribution in [0.15, 0.2) is 42.5 Å². The molecule has 2 aliphatic rings. The van der Waals surface area contributed by atoms with E-state index in [0.717, 1.165) is 55.4 Å². The van der Waals surface area contributed by atoms with Crippen molar-refractivity contribution in [3.8, 4) is 0 Å². The molecule has 1 aliphatic carbocycles. The molecule has 5 nitrogen and oxygen atoms in total. The first kappa shape index (κ1) is 19.2. The van der Waals surface area contributed by atoms with Crippen molar-refractivity contribution in [3.05, 3.63) is 59.4 Å². The van der Waals surface area contributed by atoms with Gasteiger partial charge in [0.05, 0.1) is 17.0 Å². The second kappa shape index (κ2) is 7.78. The number of benzene rings is 2. The van der Waals surface area contributed by atoms with Crippen molar-refractivity contribution in [2.45, 2.75) is 64.0 Å². The summed E-state index contributed by atoms with van der Waals surface area (Å²) in [6.07, 6.45) is 6.35. The molecule has 1 saturated carbocycles. The molecule has 0 spiro atoms. The number of aromatic nitrogens is 2. The first-order valence-electron chi connectivity index (χ1n) is 11.2. The number of carboxylic acids is 1. The highest BCUT2D eigenvalue weighted by Crippen LogP contribution is 2.39. The Kier molecular flexibility index (Phi) is 4.97. The van der Waals surface area contributed by atoms with Gasteiger partial charge in [-0.1, -0.05) is 36.8 Å². The number of anilines is 1. The summed E-state index contributed by atoms with van der Waals surface area (Å²) >= 11 is 0. The van der Waals surface area contributed by atoms with Gasteiger partial charge in [0, 0.05) is 29.8 Å². The van der Waals surface area contributed by atoms with E-state index in [0.29, 0.717) is 12.5 Å². The standard InChI is InChI=1S/C25H29N3O2/c1-16-10-11-20-21(26-16)12-13-22-24(20)27-23(14-17-6-3-2-4-7-17)28(22)19-9-5-8-18(15-19)25(29)30/h2-4,6-7,12-13,16,18-19,26H,5,8-11,14-15H2,1H3,(H,29,30)/t16-,18+,19+/m0/s1. The van der Waals surface area contributed by atoms with Crippen molar-refractivity contribution in [2.24, 2.45) is 5.92 Å². The van der Waals surface area contributed by atoms with Crippen LogP contribution in [0.3, 0.4) is 0 Å². The Labute approximate surface area is 177 Å². The first-order chi connectivity index (χ1) is 14.6. The summed E-state index contributed by atoms with van der Waals surface area (Å²) in [7, 11) is 0. The van der Waals surface area contributed by atoms with Crippen molar-refractivity contribution in [3.63, 3.8) is 0 Å². The lowest BCUT2D eigenvalue weighted by molar-refractivity contribution is -0.143. The van der Waals surface area contributed by atoms with Crippen molar-refractivity contribution in [1.82, 2.24) is 9.55 Å². The molecule has 30 heavy (non-hydrogen) atoms. The number of carbonyl (C=O) groups is 1. The van der Waals surface area contributed by atoms with Gasteiger partial charge in [0.1, 0.15) is 5.82 Å². The molecule has 1 aromatic heterocycles. The van der Waals surface area contributed by atoms with E-state index in [2.05, 4.69) is 53.2 Å². The zero-order valence-corrected chi connectivity index (χ0v) is 17.5. The third-order valence-corrected chi connectivity index (χ3v) is 6.84. The van der Waals surface area contributed by atoms with E-state index in [1.165, 1.54) is 16.8 Å². The van der Waals surface area contributed by atoms with Crippen LogP contribution in [0.2, 0.25) is 0 Å². The molecule has 0 saturated heterocycles. The zero-order chi connectivity index (χ0) is 20.7. The van der Waals surface area contributed by atoms with Crippen LogP contribution in [0.25, 0.3) is 11.0 Å². The summed E-state index contributed by atoms with van der Waals surface area (Å²) in [6, 6.07) is 15.5. The Balaban J connectivity index is 1.62. The average Bonchev–Trinajstić information content (AvgIpc) is 3.12. The number of nitrogens with one attached hydrogen (secondary N) is 1. The number of fused-ring (bicyclic) bond motifs is 3. The van der Waals surface area contributed by atoms with Gasteiger partial charge in [0.25, 0.3) is 0 Å². The van der Waals surface area contributed by atoms with Gasteiger partial charge in [-0.15, -0.1) is 0 Å². The smallest absolute Gasteiger partial charge is 0.306 e. The van der Waals surface area contributed by atoms with Crippen LogP contribution in [-0.4, -0.2) is 26.7 Å². The highest BCUT2D eigenvalue weighted by Gasteiger charge is 2.31. The predicted octanol–water partition coefficient (Wildman–Crippen LogP) is 5.19. The first-order valence-corrected chi connectivity index (χ1v) is 11.2. The topological polar surface area (TPSA) is 67.2 Å². The molecular formula is C25H29N3O2. The zero-order valence-electron chi connectivity index (χ0n) is 17.5. The largest absolute Gasteiger partial charge is 0.481 e. The number of imidazole rings is 1. The molecule has 3 atom stereocenters. The van der Waals surface area contributed by atoms with Crippen LogP contribution in [0.4, 0.5) is 5.69 Å². The van der Waals surface area contributed by atoms with E-state index < -0.39 is 5.97 Å². The quantitative estimate of drug-likeness (QED) is 0.629. The van der Waals surface area contributed by atoms with Crippen molar-refractivity contribution < 1.29 is 9.90 Å². The Hall–Kier alpha value is -2.82. The van der Waals surface area contributed by atoms with E-state index in [-0.39, 0.29) is 12.0 Å². The number of hydrogen-bond acceptors (Lipinski definition) is 3. The van der Waals surface area contributed by atoms with Crippen molar-refractivity contribution in [1.29, 1.82) is 0 Å². The molecule has 5 heteroatoms. The number of hydrogen-bond donors (Lipinski definition) is 2. The fourth-order valence-corrected chi connectivity index (χ4v) is 5.29. The highest BCUT2D eigenvalue weighted by molar-refractivity contribution is 5.86. The molecule has 0 radical (unpaired) electrons. The molecular weight excluding hydrogens is 374 g/mol. The van der Waals surface area contributed by atoms with Gasteiger partial charge >= 0.3 is 5.97 Å². The lowest BCUT2D eigenvalue weighted by atomic mass is 9.85. The van der Waals surface area contributed by atoms with Crippen LogP contribution in [-0.2, 0) is 17.6 Å². The predicted molar refractivity (Wildman–Crippen MR) is 119 cm³/mol. The Bertz CT molecular complexity index is 1070. The summed E-state index contributed by atoms with van der Waals surface area (Å²) < 4.78 is 2.37. The highest BCUT2D eigenvalue weighted by atomic mass is 16.4. The van der Waals surface area contributed by atoms with Crippen LogP contribution in [0.5, 0.6) is 0 Å². The Morgan fingerprint density at radius 1 is 1.17 bits per heavy atom. The summed E-state index contributed by atoms with van der Waals surface area (Å²) in [4.78, 5) is 16.9. The maximum absolute atomic E-state index is 11.7. The van der Waals surface area contributed by atoms with Gasteiger partial charge in [-0.25, -0.2) is 4.98 Å². The van der Waals surface area contributed by atoms with Crippen LogP contribution >= 0.6 is 0 Å². The average molecular weight is 404 g/mol. The molecule has 2 heterocycles. The number of aliphatic carboxylic acids is 1. The Morgan fingerprint density at radius 2 is 2.00 bits per heavy atom. The van der Waals surface area contributed by atoms with Crippen LogP contribution in [0.1, 0.15) is 62.0 Å². The molecule has 0 unspecified atom stereocenters. The minimum atomic E-state index is -0.663. The van der Waals surface area contributed by atoms with Gasteiger partial charge < -0.3 is 15.0 Å². The summed E-state index contributed by atoms with van der Waals surface area (Å²) in [5.41, 5.74) is 6.00. The van der Waals surface area contributed by atoms with Crippen molar-refractivity contribution in [2.75, 3.05) is 5.32 Å². The lowest BCUT2D eigenvalue weighted by Gasteiger charge is -2.30. The SMILES string of the molecule is C[C@H]1CCc2c(ccc3c2nc(Cc2ccccc2)n3[C@@H]2CCC[C@@H](C(=O)O)C2)N1. The summed E-state index contributed by atoms with van der Waals surface area (Å²) in [5.74, 6) is 0.134. The van der Waals surface area contributed by atoms with Gasteiger partial charge in [0.2, 0.25) is 0 Å². The molecule has 5 rings (SSSR count). The third-order valence-electron chi connectivity index (χ3n) is 6.84. The third kappa shape index (κ3) is 3.47. The van der Waals surface area contributed by atoms with Crippen molar-refractivity contribution >= 4 is 22.7 Å². The monoisotopic (exact) mass is 403 g/mol. The molecule has 0 bridgehead atoms. The molecule has 3 aromatic rings. The van der Waals surface area contributed by atoms with Gasteiger partial charge in [-0.3, -0.25) is 4.79 Å².